The van der Waals surface area contributed by atoms with E-state index in [-0.39, 0.29) is 0 Å². The van der Waals surface area contributed by atoms with Gasteiger partial charge in [0.25, 0.3) is 0 Å². The van der Waals surface area contributed by atoms with E-state index in [9.17, 15) is 0 Å². The van der Waals surface area contributed by atoms with E-state index in [4.69, 9.17) is 0 Å². The fourth-order valence-electron chi connectivity index (χ4n) is 2.51. The smallest absolute Gasteiger partial charge is 0.0218 e. The summed E-state index contributed by atoms with van der Waals surface area (Å²) in [5, 5.41) is 8.10. The van der Waals surface area contributed by atoms with Gasteiger partial charge in [0.05, 0.1) is 0 Å². The second-order valence-corrected chi connectivity index (χ2v) is 5.97. The number of nitrogens with one attached hydrogen (secondary N) is 1. The Bertz CT molecular complexity index is 283. The maximum atomic E-state index is 3.71. The Labute approximate surface area is 96.9 Å². The average Bonchev–Trinajstić information content (AvgIpc) is 2.88. The van der Waals surface area contributed by atoms with Gasteiger partial charge in [0.2, 0.25) is 0 Å². The van der Waals surface area contributed by atoms with Gasteiger partial charge < -0.3 is 5.32 Å². The zero-order chi connectivity index (χ0) is 10.7. The van der Waals surface area contributed by atoms with Crippen molar-refractivity contribution in [2.45, 2.75) is 51.6 Å². The molecule has 0 spiro atoms. The van der Waals surface area contributed by atoms with Gasteiger partial charge >= 0.3 is 0 Å². The molecule has 1 nitrogen and oxygen atoms in total. The first-order chi connectivity index (χ1) is 7.18. The van der Waals surface area contributed by atoms with Crippen molar-refractivity contribution in [2.75, 3.05) is 0 Å². The Morgan fingerprint density at radius 1 is 1.40 bits per heavy atom. The zero-order valence-corrected chi connectivity index (χ0v) is 10.6. The lowest BCUT2D eigenvalue weighted by molar-refractivity contribution is 0.254. The molecule has 15 heavy (non-hydrogen) atoms. The molecular weight excluding hydrogens is 202 g/mol. The molecule has 0 bridgehead atoms. The molecule has 1 aromatic rings. The summed E-state index contributed by atoms with van der Waals surface area (Å²) in [5.74, 6) is 0.871. The van der Waals surface area contributed by atoms with E-state index >= 15 is 0 Å². The molecule has 0 saturated heterocycles. The number of hydrogen-bond donors (Lipinski definition) is 1. The van der Waals surface area contributed by atoms with E-state index in [2.05, 4.69) is 36.0 Å². The standard InChI is InChI=1S/C13H21NS/c1-13(2,12-5-3-4-6-12)14-9-11-7-8-15-10-11/h7-8,10,12,14H,3-6,9H2,1-2H3. The summed E-state index contributed by atoms with van der Waals surface area (Å²) in [6.45, 7) is 5.73. The molecule has 0 aliphatic heterocycles. The van der Waals surface area contributed by atoms with Gasteiger partial charge in [0.1, 0.15) is 0 Å². The quantitative estimate of drug-likeness (QED) is 0.818. The van der Waals surface area contributed by atoms with E-state index in [0.717, 1.165) is 12.5 Å². The van der Waals surface area contributed by atoms with E-state index in [0.29, 0.717) is 5.54 Å². The summed E-state index contributed by atoms with van der Waals surface area (Å²) in [7, 11) is 0. The van der Waals surface area contributed by atoms with Crippen LogP contribution in [0.3, 0.4) is 0 Å². The third-order valence-electron chi connectivity index (χ3n) is 3.70. The molecule has 0 radical (unpaired) electrons. The molecule has 0 aromatic carbocycles. The minimum Gasteiger partial charge on any atom is -0.307 e. The van der Waals surface area contributed by atoms with Crippen molar-refractivity contribution in [2.24, 2.45) is 5.92 Å². The first-order valence-corrected chi connectivity index (χ1v) is 6.89. The monoisotopic (exact) mass is 223 g/mol. The molecule has 1 N–H and O–H groups in total. The normalized spacial score (nSPS) is 18.5. The average molecular weight is 223 g/mol. The molecule has 2 heteroatoms. The Balaban J connectivity index is 1.86. The minimum absolute atomic E-state index is 0.304. The third kappa shape index (κ3) is 2.82. The number of hydrogen-bond acceptors (Lipinski definition) is 2. The fraction of sp³-hybridized carbons (Fsp3) is 0.692. The van der Waals surface area contributed by atoms with E-state index in [1.54, 1.807) is 11.3 Å². The van der Waals surface area contributed by atoms with Gasteiger partial charge in [-0.15, -0.1) is 0 Å². The van der Waals surface area contributed by atoms with Crippen molar-refractivity contribution in [1.82, 2.24) is 5.32 Å². The van der Waals surface area contributed by atoms with Crippen molar-refractivity contribution < 1.29 is 0 Å². The SMILES string of the molecule is CC(C)(NCc1ccsc1)C1CCCC1. The van der Waals surface area contributed by atoms with Crippen LogP contribution < -0.4 is 5.32 Å². The third-order valence-corrected chi connectivity index (χ3v) is 4.44. The maximum Gasteiger partial charge on any atom is 0.0218 e. The molecular formula is C13H21NS. The van der Waals surface area contributed by atoms with E-state index < -0.39 is 0 Å². The molecule has 1 saturated carbocycles. The van der Waals surface area contributed by atoms with Crippen LogP contribution in [0.4, 0.5) is 0 Å². The summed E-state index contributed by atoms with van der Waals surface area (Å²) in [6, 6.07) is 2.21. The molecule has 0 unspecified atom stereocenters. The Morgan fingerprint density at radius 2 is 2.13 bits per heavy atom. The van der Waals surface area contributed by atoms with Crippen molar-refractivity contribution in [1.29, 1.82) is 0 Å². The Kier molecular flexibility index (Phi) is 3.47. The van der Waals surface area contributed by atoms with Crippen molar-refractivity contribution in [3.8, 4) is 0 Å². The van der Waals surface area contributed by atoms with Crippen molar-refractivity contribution in [3.05, 3.63) is 22.4 Å². The predicted octanol–water partition coefficient (Wildman–Crippen LogP) is 3.81. The molecule has 0 atom stereocenters. The van der Waals surface area contributed by atoms with Crippen LogP contribution >= 0.6 is 11.3 Å². The second kappa shape index (κ2) is 4.67. The summed E-state index contributed by atoms with van der Waals surface area (Å²) in [4.78, 5) is 0. The molecule has 1 fully saturated rings. The predicted molar refractivity (Wildman–Crippen MR) is 67.2 cm³/mol. The first kappa shape index (κ1) is 11.2. The van der Waals surface area contributed by atoms with Crippen LogP contribution in [0.5, 0.6) is 0 Å². The van der Waals surface area contributed by atoms with Crippen LogP contribution in [-0.4, -0.2) is 5.54 Å². The summed E-state index contributed by atoms with van der Waals surface area (Å²) in [6.07, 6.45) is 5.66. The van der Waals surface area contributed by atoms with Gasteiger partial charge in [-0.1, -0.05) is 12.8 Å². The maximum absolute atomic E-state index is 3.71. The van der Waals surface area contributed by atoms with Crippen molar-refractivity contribution in [3.63, 3.8) is 0 Å². The van der Waals surface area contributed by atoms with Crippen LogP contribution in [0.1, 0.15) is 45.1 Å². The van der Waals surface area contributed by atoms with Gasteiger partial charge in [-0.05, 0) is 55.0 Å². The van der Waals surface area contributed by atoms with Crippen LogP contribution in [0.25, 0.3) is 0 Å². The lowest BCUT2D eigenvalue weighted by Crippen LogP contribution is -2.44. The topological polar surface area (TPSA) is 12.0 Å². The molecule has 1 aliphatic rings. The largest absolute Gasteiger partial charge is 0.307 e. The highest BCUT2D eigenvalue weighted by atomic mass is 32.1. The van der Waals surface area contributed by atoms with Gasteiger partial charge in [0.15, 0.2) is 0 Å². The van der Waals surface area contributed by atoms with Gasteiger partial charge in [-0.3, -0.25) is 0 Å². The van der Waals surface area contributed by atoms with E-state index in [1.165, 1.54) is 31.2 Å². The van der Waals surface area contributed by atoms with Crippen molar-refractivity contribution >= 4 is 11.3 Å². The second-order valence-electron chi connectivity index (χ2n) is 5.19. The zero-order valence-electron chi connectivity index (χ0n) is 9.75. The highest BCUT2D eigenvalue weighted by Gasteiger charge is 2.30. The summed E-state index contributed by atoms with van der Waals surface area (Å²) < 4.78 is 0. The fourth-order valence-corrected chi connectivity index (χ4v) is 3.18. The molecule has 84 valence electrons. The number of thiophene rings is 1. The molecule has 1 aromatic heterocycles. The highest BCUT2D eigenvalue weighted by molar-refractivity contribution is 7.07. The first-order valence-electron chi connectivity index (χ1n) is 5.94. The molecule has 1 aliphatic carbocycles. The lowest BCUT2D eigenvalue weighted by atomic mass is 9.86. The van der Waals surface area contributed by atoms with Crippen LogP contribution in [-0.2, 0) is 6.54 Å². The summed E-state index contributed by atoms with van der Waals surface area (Å²) in [5.41, 5.74) is 1.73. The van der Waals surface area contributed by atoms with Gasteiger partial charge in [-0.25, -0.2) is 0 Å². The Morgan fingerprint density at radius 3 is 2.73 bits per heavy atom. The van der Waals surface area contributed by atoms with Crippen LogP contribution in [0.15, 0.2) is 16.8 Å². The highest BCUT2D eigenvalue weighted by Crippen LogP contribution is 2.33. The molecule has 0 amide bonds. The number of rotatable bonds is 4. The Hall–Kier alpha value is -0.340. The van der Waals surface area contributed by atoms with E-state index in [1.807, 2.05) is 0 Å². The summed E-state index contributed by atoms with van der Waals surface area (Å²) >= 11 is 1.78. The van der Waals surface area contributed by atoms with Gasteiger partial charge in [-0.2, -0.15) is 11.3 Å². The minimum atomic E-state index is 0.304. The molecule has 1 heterocycles. The molecule has 2 rings (SSSR count). The van der Waals surface area contributed by atoms with Crippen LogP contribution in [0, 0.1) is 5.92 Å². The van der Waals surface area contributed by atoms with Crippen LogP contribution in [0.2, 0.25) is 0 Å². The van der Waals surface area contributed by atoms with Gasteiger partial charge in [0, 0.05) is 12.1 Å². The lowest BCUT2D eigenvalue weighted by Gasteiger charge is -2.33.